The van der Waals surface area contributed by atoms with Crippen molar-refractivity contribution in [2.24, 2.45) is 5.73 Å². The Labute approximate surface area is 83.7 Å². The van der Waals surface area contributed by atoms with Crippen molar-refractivity contribution in [2.45, 2.75) is 13.0 Å². The minimum Gasteiger partial charge on any atom is -0.326 e. The van der Waals surface area contributed by atoms with Gasteiger partial charge < -0.3 is 5.73 Å². The average molecular weight is 227 g/mol. The van der Waals surface area contributed by atoms with Crippen LogP contribution in [0.3, 0.4) is 0 Å². The van der Waals surface area contributed by atoms with Crippen LogP contribution in [0.1, 0.15) is 17.6 Å². The van der Waals surface area contributed by atoms with Gasteiger partial charge in [-0.2, -0.15) is 0 Å². The molecular weight excluding hydrogens is 221 g/mol. The molecule has 1 heterocycles. The topological polar surface area (TPSA) is 38.9 Å². The lowest BCUT2D eigenvalue weighted by Crippen LogP contribution is -2.04. The minimum absolute atomic E-state index is 0.0400. The maximum Gasteiger partial charge on any atom is 0.267 e. The van der Waals surface area contributed by atoms with Gasteiger partial charge in [0.05, 0.1) is 5.56 Å². The van der Waals surface area contributed by atoms with Gasteiger partial charge in [-0.25, -0.2) is 13.8 Å². The molecule has 0 radical (unpaired) electrons. The molecule has 0 bridgehead atoms. The van der Waals surface area contributed by atoms with Crippen LogP contribution in [0.2, 0.25) is 10.3 Å². The van der Waals surface area contributed by atoms with Crippen molar-refractivity contribution >= 4 is 23.2 Å². The Morgan fingerprint density at radius 3 is 2.54 bits per heavy atom. The number of alkyl halides is 2. The van der Waals surface area contributed by atoms with Gasteiger partial charge in [0, 0.05) is 6.54 Å². The van der Waals surface area contributed by atoms with E-state index in [1.807, 2.05) is 0 Å². The Balaban J connectivity index is 3.30. The van der Waals surface area contributed by atoms with Gasteiger partial charge in [-0.05, 0) is 11.6 Å². The first kappa shape index (κ1) is 10.6. The second-order valence-corrected chi connectivity index (χ2v) is 3.06. The Morgan fingerprint density at radius 1 is 1.46 bits per heavy atom. The molecule has 1 aromatic heterocycles. The highest BCUT2D eigenvalue weighted by atomic mass is 35.5. The van der Waals surface area contributed by atoms with Crippen molar-refractivity contribution in [3.63, 3.8) is 0 Å². The third-order valence-electron chi connectivity index (χ3n) is 1.50. The van der Waals surface area contributed by atoms with Crippen LogP contribution in [0.25, 0.3) is 0 Å². The van der Waals surface area contributed by atoms with Gasteiger partial charge >= 0.3 is 0 Å². The molecule has 0 saturated heterocycles. The number of rotatable bonds is 2. The zero-order valence-electron chi connectivity index (χ0n) is 6.40. The Bertz CT molecular complexity index is 318. The number of halogens is 4. The zero-order chi connectivity index (χ0) is 10.0. The maximum atomic E-state index is 12.4. The highest BCUT2D eigenvalue weighted by Gasteiger charge is 2.18. The third kappa shape index (κ3) is 2.27. The normalized spacial score (nSPS) is 10.9. The maximum absolute atomic E-state index is 12.4. The molecule has 13 heavy (non-hydrogen) atoms. The van der Waals surface area contributed by atoms with E-state index >= 15 is 0 Å². The third-order valence-corrected chi connectivity index (χ3v) is 1.99. The molecule has 0 atom stereocenters. The van der Waals surface area contributed by atoms with Crippen molar-refractivity contribution in [1.29, 1.82) is 0 Å². The summed E-state index contributed by atoms with van der Waals surface area (Å²) in [6, 6.07) is 1.29. The summed E-state index contributed by atoms with van der Waals surface area (Å²) in [5.74, 6) is 0. The van der Waals surface area contributed by atoms with E-state index in [1.54, 1.807) is 0 Å². The first-order chi connectivity index (χ1) is 6.06. The molecule has 0 aromatic carbocycles. The van der Waals surface area contributed by atoms with Crippen LogP contribution in [0.5, 0.6) is 0 Å². The molecule has 0 unspecified atom stereocenters. The van der Waals surface area contributed by atoms with Crippen molar-refractivity contribution in [1.82, 2.24) is 4.98 Å². The van der Waals surface area contributed by atoms with Gasteiger partial charge in [0.25, 0.3) is 6.43 Å². The van der Waals surface area contributed by atoms with Crippen molar-refractivity contribution in [2.75, 3.05) is 0 Å². The lowest BCUT2D eigenvalue weighted by Gasteiger charge is -2.08. The van der Waals surface area contributed by atoms with E-state index in [0.717, 1.165) is 0 Å². The monoisotopic (exact) mass is 226 g/mol. The molecule has 0 amide bonds. The smallest absolute Gasteiger partial charge is 0.267 e. The standard InChI is InChI=1S/C7H6Cl2F2N2/c8-4-1-3(2-12)5(7(10)11)6(9)13-4/h1,7H,2,12H2. The van der Waals surface area contributed by atoms with Crippen molar-refractivity contribution in [3.8, 4) is 0 Å². The summed E-state index contributed by atoms with van der Waals surface area (Å²) in [5.41, 5.74) is 5.13. The zero-order valence-corrected chi connectivity index (χ0v) is 7.91. The number of nitrogens with zero attached hydrogens (tertiary/aromatic N) is 1. The summed E-state index contributed by atoms with van der Waals surface area (Å²) < 4.78 is 24.8. The van der Waals surface area contributed by atoms with Gasteiger partial charge in [0.1, 0.15) is 10.3 Å². The van der Waals surface area contributed by atoms with Crippen LogP contribution in [-0.2, 0) is 6.54 Å². The molecular formula is C7H6Cl2F2N2. The van der Waals surface area contributed by atoms with Gasteiger partial charge in [0.2, 0.25) is 0 Å². The van der Waals surface area contributed by atoms with E-state index in [9.17, 15) is 8.78 Å². The van der Waals surface area contributed by atoms with Gasteiger partial charge in [-0.1, -0.05) is 23.2 Å². The number of hydrogen-bond acceptors (Lipinski definition) is 2. The number of pyridine rings is 1. The molecule has 6 heteroatoms. The quantitative estimate of drug-likeness (QED) is 0.789. The first-order valence-corrected chi connectivity index (χ1v) is 4.15. The molecule has 0 aliphatic rings. The second kappa shape index (κ2) is 4.17. The van der Waals surface area contributed by atoms with Gasteiger partial charge in [-0.15, -0.1) is 0 Å². The minimum atomic E-state index is -2.68. The molecule has 0 saturated carbocycles. The summed E-state index contributed by atoms with van der Waals surface area (Å²) in [5, 5.41) is -0.224. The predicted molar refractivity (Wildman–Crippen MR) is 47.1 cm³/mol. The van der Waals surface area contributed by atoms with Crippen molar-refractivity contribution < 1.29 is 8.78 Å². The molecule has 2 nitrogen and oxygen atoms in total. The van der Waals surface area contributed by atoms with E-state index in [2.05, 4.69) is 4.98 Å². The summed E-state index contributed by atoms with van der Waals surface area (Å²) in [6.45, 7) is -0.0400. The molecule has 72 valence electrons. The number of hydrogen-bond donors (Lipinski definition) is 1. The lowest BCUT2D eigenvalue weighted by atomic mass is 10.1. The SMILES string of the molecule is NCc1cc(Cl)nc(Cl)c1C(F)F. The van der Waals surface area contributed by atoms with E-state index in [0.29, 0.717) is 0 Å². The van der Waals surface area contributed by atoms with E-state index < -0.39 is 6.43 Å². The fraction of sp³-hybridized carbons (Fsp3) is 0.286. The Kier molecular flexibility index (Phi) is 3.41. The summed E-state index contributed by atoms with van der Waals surface area (Å²) in [7, 11) is 0. The van der Waals surface area contributed by atoms with E-state index in [-0.39, 0.29) is 28.0 Å². The molecule has 2 N–H and O–H groups in total. The predicted octanol–water partition coefficient (Wildman–Crippen LogP) is 2.78. The summed E-state index contributed by atoms with van der Waals surface area (Å²) in [6.07, 6.45) is -2.68. The highest BCUT2D eigenvalue weighted by Crippen LogP contribution is 2.30. The van der Waals surface area contributed by atoms with Crippen LogP contribution >= 0.6 is 23.2 Å². The highest BCUT2D eigenvalue weighted by molar-refractivity contribution is 6.33. The van der Waals surface area contributed by atoms with Crippen LogP contribution in [0.15, 0.2) is 6.07 Å². The van der Waals surface area contributed by atoms with E-state index in [1.165, 1.54) is 6.07 Å². The van der Waals surface area contributed by atoms with E-state index in [4.69, 9.17) is 28.9 Å². The first-order valence-electron chi connectivity index (χ1n) is 3.39. The fourth-order valence-corrected chi connectivity index (χ4v) is 1.49. The molecule has 0 spiro atoms. The van der Waals surface area contributed by atoms with Crippen LogP contribution < -0.4 is 5.73 Å². The van der Waals surface area contributed by atoms with Crippen LogP contribution in [0, 0.1) is 0 Å². The molecule has 0 aliphatic heterocycles. The van der Waals surface area contributed by atoms with Crippen LogP contribution in [-0.4, -0.2) is 4.98 Å². The fourth-order valence-electron chi connectivity index (χ4n) is 0.939. The number of aromatic nitrogens is 1. The largest absolute Gasteiger partial charge is 0.326 e. The Morgan fingerprint density at radius 2 is 2.08 bits per heavy atom. The molecule has 1 rings (SSSR count). The lowest BCUT2D eigenvalue weighted by molar-refractivity contribution is 0.150. The summed E-state index contributed by atoms with van der Waals surface area (Å²) in [4.78, 5) is 3.50. The molecule has 0 fully saturated rings. The van der Waals surface area contributed by atoms with Crippen molar-refractivity contribution in [3.05, 3.63) is 27.5 Å². The Hall–Kier alpha value is -0.450. The van der Waals surface area contributed by atoms with Crippen LogP contribution in [0.4, 0.5) is 8.78 Å². The average Bonchev–Trinajstić information content (AvgIpc) is 2.01. The number of nitrogens with two attached hydrogens (primary N) is 1. The van der Waals surface area contributed by atoms with Gasteiger partial charge in [0.15, 0.2) is 0 Å². The molecule has 0 aliphatic carbocycles. The van der Waals surface area contributed by atoms with Gasteiger partial charge in [-0.3, -0.25) is 0 Å². The summed E-state index contributed by atoms with van der Waals surface area (Å²) >= 11 is 11.0. The molecule has 1 aromatic rings. The second-order valence-electron chi connectivity index (χ2n) is 2.31.